The van der Waals surface area contributed by atoms with Crippen molar-refractivity contribution in [2.75, 3.05) is 19.7 Å². The minimum Gasteiger partial charge on any atom is -0.463 e. The van der Waals surface area contributed by atoms with Crippen molar-refractivity contribution in [3.63, 3.8) is 0 Å². The molecule has 1 atom stereocenters. The average molecular weight is 518 g/mol. The lowest BCUT2D eigenvalue weighted by Gasteiger charge is -2.35. The molecule has 0 radical (unpaired) electrons. The van der Waals surface area contributed by atoms with E-state index >= 15 is 4.39 Å². The Morgan fingerprint density at radius 3 is 2.62 bits per heavy atom. The number of amides is 1. The van der Waals surface area contributed by atoms with Crippen LogP contribution in [0.3, 0.4) is 0 Å². The summed E-state index contributed by atoms with van der Waals surface area (Å²) in [7, 11) is 0. The van der Waals surface area contributed by atoms with Gasteiger partial charge in [-0.25, -0.2) is 4.39 Å². The Hall–Kier alpha value is -3.50. The highest BCUT2D eigenvalue weighted by Gasteiger charge is 2.39. The van der Waals surface area contributed by atoms with Gasteiger partial charge in [-0.15, -0.1) is 0 Å². The summed E-state index contributed by atoms with van der Waals surface area (Å²) in [6.45, 7) is 6.12. The number of nitrogens with zero attached hydrogens (tertiary/aromatic N) is 5. The van der Waals surface area contributed by atoms with Crippen molar-refractivity contribution in [3.05, 3.63) is 58.3 Å². The predicted molar refractivity (Wildman–Crippen MR) is 127 cm³/mol. The number of hydrogen-bond donors (Lipinski definition) is 0. The molecular weight excluding hydrogens is 490 g/mol. The first-order valence-electron chi connectivity index (χ1n) is 12.2. The summed E-state index contributed by atoms with van der Waals surface area (Å²) < 4.78 is 63.9. The minimum absolute atomic E-state index is 0.0929. The highest BCUT2D eigenvalue weighted by molar-refractivity contribution is 5.78. The number of likely N-dealkylation sites (tertiary alicyclic amines) is 1. The second-order valence-corrected chi connectivity index (χ2v) is 9.60. The van der Waals surface area contributed by atoms with E-state index in [-0.39, 0.29) is 35.5 Å². The lowest BCUT2D eigenvalue weighted by molar-refractivity contribution is -0.138. The number of fused-ring (bicyclic) bond motifs is 3. The van der Waals surface area contributed by atoms with Crippen LogP contribution in [0.2, 0.25) is 0 Å². The van der Waals surface area contributed by atoms with Gasteiger partial charge in [-0.3, -0.25) is 19.3 Å². The zero-order valence-corrected chi connectivity index (χ0v) is 20.8. The molecule has 1 unspecified atom stereocenters. The van der Waals surface area contributed by atoms with Gasteiger partial charge in [-0.2, -0.15) is 18.2 Å². The molecule has 1 saturated heterocycles. The van der Waals surface area contributed by atoms with Crippen molar-refractivity contribution in [1.82, 2.24) is 19.4 Å². The van der Waals surface area contributed by atoms with Crippen molar-refractivity contribution in [2.45, 2.75) is 58.0 Å². The summed E-state index contributed by atoms with van der Waals surface area (Å²) in [5.41, 5.74) is -0.773. The molecule has 2 aliphatic heterocycles. The smallest absolute Gasteiger partial charge is 0.416 e. The molecule has 0 saturated carbocycles. The van der Waals surface area contributed by atoms with Crippen LogP contribution < -0.4 is 10.2 Å². The van der Waals surface area contributed by atoms with E-state index in [0.717, 1.165) is 6.07 Å². The third-order valence-corrected chi connectivity index (χ3v) is 7.30. The van der Waals surface area contributed by atoms with Crippen LogP contribution in [0.25, 0.3) is 10.9 Å². The number of benzene rings is 1. The number of carbonyl (C=O) groups is 1. The SMILES string of the molecule is CC(=O)N1CCC(F)(c2cc3c(=NC(C)c4cccc(C(F)(F)F)c4C)nc4n(c3cn2)CCO4)CC1. The number of alkyl halides is 4. The molecule has 7 nitrogen and oxygen atoms in total. The van der Waals surface area contributed by atoms with Crippen molar-refractivity contribution >= 4 is 16.8 Å². The number of pyridine rings is 1. The van der Waals surface area contributed by atoms with Crippen molar-refractivity contribution in [1.29, 1.82) is 0 Å². The molecule has 2 aliphatic rings. The summed E-state index contributed by atoms with van der Waals surface area (Å²) in [5, 5.41) is 0.543. The summed E-state index contributed by atoms with van der Waals surface area (Å²) >= 11 is 0. The maximum absolute atomic E-state index is 16.0. The van der Waals surface area contributed by atoms with E-state index in [9.17, 15) is 18.0 Å². The van der Waals surface area contributed by atoms with E-state index in [0.29, 0.717) is 48.7 Å². The topological polar surface area (TPSA) is 72.6 Å². The Balaban J connectivity index is 1.61. The summed E-state index contributed by atoms with van der Waals surface area (Å²) in [6.07, 6.45) is -2.67. The van der Waals surface area contributed by atoms with Gasteiger partial charge in [0.15, 0.2) is 11.2 Å². The standard InChI is InChI=1S/C26H27F4N5O2/c1-15-18(5-4-6-20(15)26(28,29)30)16(2)32-23-19-13-22(25(27)7-9-34(10-8-25)17(3)36)31-14-21(19)35-11-12-37-24(35)33-23/h4-6,13-14,16H,7-12H2,1-3H3. The minimum atomic E-state index is -4.48. The molecule has 196 valence electrons. The maximum Gasteiger partial charge on any atom is 0.416 e. The fraction of sp³-hybridized carbons (Fsp3) is 0.462. The fourth-order valence-corrected chi connectivity index (χ4v) is 5.15. The lowest BCUT2D eigenvalue weighted by atomic mass is 9.89. The summed E-state index contributed by atoms with van der Waals surface area (Å²) in [4.78, 5) is 27.0. The summed E-state index contributed by atoms with van der Waals surface area (Å²) in [5.74, 6) is -0.0929. The zero-order valence-electron chi connectivity index (χ0n) is 20.8. The van der Waals surface area contributed by atoms with Crippen molar-refractivity contribution in [3.8, 4) is 6.01 Å². The molecule has 1 amide bonds. The summed E-state index contributed by atoms with van der Waals surface area (Å²) in [6, 6.07) is 5.34. The molecule has 0 bridgehead atoms. The molecule has 37 heavy (non-hydrogen) atoms. The van der Waals surface area contributed by atoms with Crippen LogP contribution in [-0.2, 0) is 23.2 Å². The van der Waals surface area contributed by atoms with Crippen LogP contribution in [0.5, 0.6) is 6.01 Å². The first-order chi connectivity index (χ1) is 17.5. The van der Waals surface area contributed by atoms with Gasteiger partial charge in [0.1, 0.15) is 6.61 Å². The molecule has 1 aromatic carbocycles. The van der Waals surface area contributed by atoms with Gasteiger partial charge in [0, 0.05) is 38.2 Å². The number of ether oxygens (including phenoxy) is 1. The molecule has 11 heteroatoms. The zero-order chi connectivity index (χ0) is 26.5. The van der Waals surface area contributed by atoms with Gasteiger partial charge in [-0.1, -0.05) is 12.1 Å². The van der Waals surface area contributed by atoms with Crippen LogP contribution in [0, 0.1) is 6.92 Å². The number of piperidine rings is 1. The Kier molecular flexibility index (Phi) is 6.19. The molecule has 0 aliphatic carbocycles. The van der Waals surface area contributed by atoms with Gasteiger partial charge in [-0.05, 0) is 37.1 Å². The molecule has 4 heterocycles. The number of halogens is 4. The van der Waals surface area contributed by atoms with E-state index in [1.165, 1.54) is 19.9 Å². The second-order valence-electron chi connectivity index (χ2n) is 9.60. The molecule has 5 rings (SSSR count). The Morgan fingerprint density at radius 2 is 1.95 bits per heavy atom. The third kappa shape index (κ3) is 4.55. The number of carbonyl (C=O) groups excluding carboxylic acids is 1. The lowest BCUT2D eigenvalue weighted by Crippen LogP contribution is -2.42. The third-order valence-electron chi connectivity index (χ3n) is 7.30. The van der Waals surface area contributed by atoms with Crippen LogP contribution in [0.4, 0.5) is 17.6 Å². The first-order valence-corrected chi connectivity index (χ1v) is 12.2. The van der Waals surface area contributed by atoms with E-state index in [1.54, 1.807) is 30.2 Å². The van der Waals surface area contributed by atoms with Crippen LogP contribution in [-0.4, -0.2) is 45.0 Å². The van der Waals surface area contributed by atoms with Crippen molar-refractivity contribution < 1.29 is 27.1 Å². The molecule has 1 fully saturated rings. The maximum atomic E-state index is 16.0. The van der Waals surface area contributed by atoms with Gasteiger partial charge < -0.3 is 9.64 Å². The normalized spacial score (nSPS) is 18.6. The van der Waals surface area contributed by atoms with Gasteiger partial charge in [0.25, 0.3) is 6.01 Å². The molecule has 0 spiro atoms. The number of rotatable bonds is 3. The molecular formula is C26H27F4N5O2. The number of hydrogen-bond acceptors (Lipinski definition) is 5. The van der Waals surface area contributed by atoms with E-state index in [2.05, 4.69) is 15.0 Å². The average Bonchev–Trinajstić information content (AvgIpc) is 3.32. The van der Waals surface area contributed by atoms with Crippen LogP contribution >= 0.6 is 0 Å². The molecule has 3 aromatic rings. The van der Waals surface area contributed by atoms with Gasteiger partial charge in [0.05, 0.1) is 35.6 Å². The van der Waals surface area contributed by atoms with E-state index in [1.807, 2.05) is 4.57 Å². The molecule has 2 aromatic heterocycles. The highest BCUT2D eigenvalue weighted by Crippen LogP contribution is 2.38. The van der Waals surface area contributed by atoms with Crippen molar-refractivity contribution in [2.24, 2.45) is 4.99 Å². The quantitative estimate of drug-likeness (QED) is 0.476. The Morgan fingerprint density at radius 1 is 1.22 bits per heavy atom. The Bertz CT molecular complexity index is 1440. The molecule has 0 N–H and O–H groups in total. The highest BCUT2D eigenvalue weighted by atomic mass is 19.4. The second kappa shape index (κ2) is 9.11. The predicted octanol–water partition coefficient (Wildman–Crippen LogP) is 4.62. The van der Waals surface area contributed by atoms with E-state index < -0.39 is 23.5 Å². The van der Waals surface area contributed by atoms with E-state index in [4.69, 9.17) is 4.74 Å². The first kappa shape index (κ1) is 25.2. The van der Waals surface area contributed by atoms with Gasteiger partial charge >= 0.3 is 6.18 Å². The monoisotopic (exact) mass is 517 g/mol. The van der Waals surface area contributed by atoms with Crippen LogP contribution in [0.15, 0.2) is 35.5 Å². The van der Waals surface area contributed by atoms with Gasteiger partial charge in [0.2, 0.25) is 5.91 Å². The number of aromatic nitrogens is 3. The Labute approximate surface area is 210 Å². The van der Waals surface area contributed by atoms with Crippen LogP contribution in [0.1, 0.15) is 55.1 Å². The fourth-order valence-electron chi connectivity index (χ4n) is 5.15. The largest absolute Gasteiger partial charge is 0.463 e.